The monoisotopic (exact) mass is 801 g/mol. The Labute approximate surface area is 332 Å². The molecule has 0 bridgehead atoms. The first-order chi connectivity index (χ1) is 27.3. The molecule has 0 atom stereocenters. The van der Waals surface area contributed by atoms with E-state index in [0.717, 1.165) is 49.0 Å². The Morgan fingerprint density at radius 3 is 1.34 bits per heavy atom. The summed E-state index contributed by atoms with van der Waals surface area (Å²) in [7, 11) is 0. The van der Waals surface area contributed by atoms with E-state index in [2.05, 4.69) is 87.6 Å². The summed E-state index contributed by atoms with van der Waals surface area (Å²) in [5.74, 6) is 2.34. The molecule has 0 aliphatic heterocycles. The summed E-state index contributed by atoms with van der Waals surface area (Å²) in [5, 5.41) is 32.7. The molecule has 0 aliphatic rings. The molecule has 9 rings (SSSR count). The van der Waals surface area contributed by atoms with E-state index in [4.69, 9.17) is 24.8 Å². The van der Waals surface area contributed by atoms with Gasteiger partial charge in [-0.05, 0) is 76.1 Å². The van der Waals surface area contributed by atoms with Crippen molar-refractivity contribution < 1.29 is 29.6 Å². The van der Waals surface area contributed by atoms with Crippen molar-refractivity contribution in [2.45, 2.75) is 0 Å². The molecule has 7 nitrogen and oxygen atoms in total. The van der Waals surface area contributed by atoms with E-state index in [9.17, 15) is 4.79 Å². The number of phenols is 2. The summed E-state index contributed by atoms with van der Waals surface area (Å²) in [4.78, 5) is 13.7. The van der Waals surface area contributed by atoms with Crippen molar-refractivity contribution in [3.05, 3.63) is 210 Å². The maximum Gasteiger partial charge on any atom is 0.354 e. The van der Waals surface area contributed by atoms with Crippen LogP contribution in [0.3, 0.4) is 0 Å². The fourth-order valence-electron chi connectivity index (χ4n) is 5.59. The lowest BCUT2D eigenvalue weighted by Gasteiger charge is -2.12. The van der Waals surface area contributed by atoms with Crippen molar-refractivity contribution in [3.8, 4) is 34.5 Å². The van der Waals surface area contributed by atoms with E-state index in [1.54, 1.807) is 18.2 Å². The van der Waals surface area contributed by atoms with Gasteiger partial charge in [-0.25, -0.2) is 9.78 Å². The van der Waals surface area contributed by atoms with Crippen LogP contribution in [0.5, 0.6) is 34.5 Å². The summed E-state index contributed by atoms with van der Waals surface area (Å²) in [6.07, 6.45) is 1.45. The van der Waals surface area contributed by atoms with Gasteiger partial charge in [-0.15, -0.1) is 0 Å². The van der Waals surface area contributed by atoms with Gasteiger partial charge in [-0.2, -0.15) is 0 Å². The zero-order valence-electron chi connectivity index (χ0n) is 29.9. The third-order valence-corrected chi connectivity index (χ3v) is 8.90. The van der Waals surface area contributed by atoms with Crippen LogP contribution in [0.1, 0.15) is 10.5 Å². The SMILES string of the molecule is Brc1cccc2ccccc12.O=C(O)c1ccccn1.Oc1cccc(O)c1.c1cc(Oc2cccc3ccccc23)cc(Oc2cccc3ccccc23)c1. The van der Waals surface area contributed by atoms with E-state index in [0.29, 0.717) is 0 Å². The zero-order valence-corrected chi connectivity index (χ0v) is 31.5. The number of halogens is 1. The Hall–Kier alpha value is -7.16. The third-order valence-electron chi connectivity index (χ3n) is 8.21. The number of aromatic hydroxyl groups is 2. The minimum atomic E-state index is -0.990. The molecule has 8 aromatic carbocycles. The van der Waals surface area contributed by atoms with E-state index >= 15 is 0 Å². The fraction of sp³-hybridized carbons (Fsp3) is 0. The van der Waals surface area contributed by atoms with Crippen molar-refractivity contribution in [2.75, 3.05) is 0 Å². The number of carboxylic acid groups (broad SMARTS) is 1. The van der Waals surface area contributed by atoms with Gasteiger partial charge < -0.3 is 24.8 Å². The number of ether oxygens (including phenoxy) is 2. The van der Waals surface area contributed by atoms with Crippen molar-refractivity contribution in [1.82, 2.24) is 4.98 Å². The number of hydrogen-bond acceptors (Lipinski definition) is 6. The molecule has 0 saturated carbocycles. The summed E-state index contributed by atoms with van der Waals surface area (Å²) in [5.41, 5.74) is 0.0810. The number of pyridine rings is 1. The number of rotatable bonds is 5. The lowest BCUT2D eigenvalue weighted by molar-refractivity contribution is 0.0690. The maximum atomic E-state index is 10.1. The minimum absolute atomic E-state index is 0.0810. The number of fused-ring (bicyclic) bond motifs is 3. The van der Waals surface area contributed by atoms with E-state index in [-0.39, 0.29) is 17.2 Å². The van der Waals surface area contributed by atoms with Crippen LogP contribution in [0.25, 0.3) is 32.3 Å². The van der Waals surface area contributed by atoms with Crippen LogP contribution >= 0.6 is 15.9 Å². The lowest BCUT2D eigenvalue weighted by atomic mass is 10.1. The molecule has 0 aliphatic carbocycles. The molecule has 9 aromatic rings. The zero-order chi connectivity index (χ0) is 39.1. The van der Waals surface area contributed by atoms with Crippen LogP contribution in [0, 0.1) is 0 Å². The second-order valence-corrected chi connectivity index (χ2v) is 13.0. The molecule has 1 heterocycles. The average molecular weight is 803 g/mol. The molecule has 0 fully saturated rings. The first-order valence-electron chi connectivity index (χ1n) is 17.5. The van der Waals surface area contributed by atoms with Crippen molar-refractivity contribution in [1.29, 1.82) is 0 Å². The summed E-state index contributed by atoms with van der Waals surface area (Å²) < 4.78 is 13.5. The van der Waals surface area contributed by atoms with Crippen molar-refractivity contribution in [3.63, 3.8) is 0 Å². The van der Waals surface area contributed by atoms with E-state index in [1.807, 2.05) is 84.9 Å². The van der Waals surface area contributed by atoms with Gasteiger partial charge in [0.15, 0.2) is 0 Å². The van der Waals surface area contributed by atoms with Crippen LogP contribution in [-0.4, -0.2) is 26.3 Å². The predicted octanol–water partition coefficient (Wildman–Crippen LogP) is 13.1. The highest BCUT2D eigenvalue weighted by Crippen LogP contribution is 2.34. The number of carbonyl (C=O) groups is 1. The Bertz CT molecular complexity index is 2560. The highest BCUT2D eigenvalue weighted by molar-refractivity contribution is 9.10. The molecule has 8 heteroatoms. The molecular formula is C48H36BrNO6. The van der Waals surface area contributed by atoms with E-state index < -0.39 is 5.97 Å². The lowest BCUT2D eigenvalue weighted by Crippen LogP contribution is -1.97. The first-order valence-corrected chi connectivity index (χ1v) is 18.3. The predicted molar refractivity (Wildman–Crippen MR) is 227 cm³/mol. The topological polar surface area (TPSA) is 109 Å². The fourth-order valence-corrected chi connectivity index (χ4v) is 6.11. The second-order valence-electron chi connectivity index (χ2n) is 12.1. The molecule has 276 valence electrons. The van der Waals surface area contributed by atoms with Crippen molar-refractivity contribution >= 4 is 54.2 Å². The van der Waals surface area contributed by atoms with Gasteiger partial charge in [0, 0.05) is 33.6 Å². The van der Waals surface area contributed by atoms with E-state index in [1.165, 1.54) is 41.2 Å². The Morgan fingerprint density at radius 1 is 0.464 bits per heavy atom. The molecule has 56 heavy (non-hydrogen) atoms. The summed E-state index contributed by atoms with van der Waals surface area (Å²) >= 11 is 3.50. The number of benzene rings is 8. The molecule has 0 amide bonds. The maximum absolute atomic E-state index is 10.1. The smallest absolute Gasteiger partial charge is 0.354 e. The largest absolute Gasteiger partial charge is 0.508 e. The Balaban J connectivity index is 0.000000154. The quantitative estimate of drug-likeness (QED) is 0.159. The summed E-state index contributed by atoms with van der Waals surface area (Å²) in [6, 6.07) is 61.5. The molecule has 3 N–H and O–H groups in total. The van der Waals surface area contributed by atoms with Gasteiger partial charge >= 0.3 is 5.97 Å². The number of aromatic carboxylic acids is 1. The number of phenolic OH excluding ortho intramolecular Hbond substituents is 2. The molecule has 0 spiro atoms. The van der Waals surface area contributed by atoms with Crippen LogP contribution in [0.4, 0.5) is 0 Å². The molecule has 1 aromatic heterocycles. The number of aromatic nitrogens is 1. The normalized spacial score (nSPS) is 10.2. The highest BCUT2D eigenvalue weighted by atomic mass is 79.9. The van der Waals surface area contributed by atoms with Gasteiger partial charge in [-0.3, -0.25) is 0 Å². The van der Waals surface area contributed by atoms with Gasteiger partial charge in [0.2, 0.25) is 0 Å². The molecule has 0 radical (unpaired) electrons. The van der Waals surface area contributed by atoms with Crippen LogP contribution < -0.4 is 9.47 Å². The first kappa shape index (κ1) is 38.6. The molecule has 0 unspecified atom stereocenters. The Morgan fingerprint density at radius 2 is 0.893 bits per heavy atom. The van der Waals surface area contributed by atoms with Gasteiger partial charge in [0.05, 0.1) is 0 Å². The number of carboxylic acids is 1. The average Bonchev–Trinajstić information content (AvgIpc) is 3.23. The van der Waals surface area contributed by atoms with Crippen molar-refractivity contribution in [2.24, 2.45) is 0 Å². The second kappa shape index (κ2) is 19.3. The number of hydrogen-bond donors (Lipinski definition) is 3. The van der Waals surface area contributed by atoms with Crippen LogP contribution in [0.2, 0.25) is 0 Å². The highest BCUT2D eigenvalue weighted by Gasteiger charge is 2.07. The van der Waals surface area contributed by atoms with Crippen LogP contribution in [-0.2, 0) is 0 Å². The third kappa shape index (κ3) is 10.7. The van der Waals surface area contributed by atoms with Crippen LogP contribution in [0.15, 0.2) is 205 Å². The molecular weight excluding hydrogens is 766 g/mol. The van der Waals surface area contributed by atoms with Gasteiger partial charge in [0.1, 0.15) is 40.2 Å². The van der Waals surface area contributed by atoms with Gasteiger partial charge in [-0.1, -0.05) is 143 Å². The van der Waals surface area contributed by atoms with Gasteiger partial charge in [0.25, 0.3) is 0 Å². The Kier molecular flexibility index (Phi) is 13.3. The minimum Gasteiger partial charge on any atom is -0.508 e. The summed E-state index contributed by atoms with van der Waals surface area (Å²) in [6.45, 7) is 0. The number of nitrogens with zero attached hydrogens (tertiary/aromatic N) is 1. The molecule has 0 saturated heterocycles. The standard InChI is InChI=1S/C26H18O2.C10H7Br.C6H5NO2.C6H6O2/c1-3-14-23-19(8-1)10-5-16-25(23)27-21-12-7-13-22(18-21)28-26-17-6-11-20-9-2-4-15-24(20)26;11-10-7-3-5-8-4-1-2-6-9(8)10;8-6(9)5-3-1-2-4-7-5;7-5-2-1-3-6(8)4-5/h1-18H;1-7H;1-4H,(H,8,9);1-4,7-8H.